The SMILES string of the molecule is Cc1cc(Br)ccc1Oc1cccc(Cl)c1CN. The fourth-order valence-corrected chi connectivity index (χ4v) is 2.40. The van der Waals surface area contributed by atoms with Gasteiger partial charge in [0.25, 0.3) is 0 Å². The first-order valence-corrected chi connectivity index (χ1v) is 6.70. The fraction of sp³-hybridized carbons (Fsp3) is 0.143. The maximum atomic E-state index is 6.09. The summed E-state index contributed by atoms with van der Waals surface area (Å²) in [7, 11) is 0. The number of hydrogen-bond acceptors (Lipinski definition) is 2. The van der Waals surface area contributed by atoms with E-state index in [-0.39, 0.29) is 0 Å². The van der Waals surface area contributed by atoms with Crippen LogP contribution in [-0.4, -0.2) is 0 Å². The van der Waals surface area contributed by atoms with Crippen LogP contribution in [0.1, 0.15) is 11.1 Å². The summed E-state index contributed by atoms with van der Waals surface area (Å²) >= 11 is 9.52. The Balaban J connectivity index is 2.37. The van der Waals surface area contributed by atoms with Crippen molar-refractivity contribution in [2.24, 2.45) is 5.73 Å². The van der Waals surface area contributed by atoms with E-state index < -0.39 is 0 Å². The van der Waals surface area contributed by atoms with E-state index in [1.807, 2.05) is 43.3 Å². The second-order valence-corrected chi connectivity index (χ2v) is 5.26. The second kappa shape index (κ2) is 5.74. The minimum Gasteiger partial charge on any atom is -0.457 e. The van der Waals surface area contributed by atoms with Crippen molar-refractivity contribution in [2.45, 2.75) is 13.5 Å². The Bertz CT molecular complexity index is 572. The largest absolute Gasteiger partial charge is 0.457 e. The van der Waals surface area contributed by atoms with E-state index in [1.165, 1.54) is 0 Å². The van der Waals surface area contributed by atoms with Gasteiger partial charge in [-0.3, -0.25) is 0 Å². The molecule has 18 heavy (non-hydrogen) atoms. The summed E-state index contributed by atoms with van der Waals surface area (Å²) in [6.45, 7) is 2.34. The minimum atomic E-state index is 0.352. The Morgan fingerprint density at radius 1 is 1.22 bits per heavy atom. The predicted octanol–water partition coefficient (Wildman–Crippen LogP) is 4.66. The number of benzene rings is 2. The molecular formula is C14H13BrClNO. The number of halogens is 2. The Morgan fingerprint density at radius 2 is 2.00 bits per heavy atom. The maximum absolute atomic E-state index is 6.09. The van der Waals surface area contributed by atoms with Crippen molar-refractivity contribution in [2.75, 3.05) is 0 Å². The third-order valence-corrected chi connectivity index (χ3v) is 3.48. The lowest BCUT2D eigenvalue weighted by Gasteiger charge is -2.13. The smallest absolute Gasteiger partial charge is 0.133 e. The van der Waals surface area contributed by atoms with Crippen LogP contribution in [0.4, 0.5) is 0 Å². The van der Waals surface area contributed by atoms with Gasteiger partial charge in [-0.2, -0.15) is 0 Å². The van der Waals surface area contributed by atoms with Crippen molar-refractivity contribution in [3.05, 3.63) is 57.0 Å². The Labute approximate surface area is 120 Å². The van der Waals surface area contributed by atoms with Gasteiger partial charge in [0.05, 0.1) is 0 Å². The third-order valence-electron chi connectivity index (χ3n) is 2.64. The highest BCUT2D eigenvalue weighted by molar-refractivity contribution is 9.10. The molecule has 0 atom stereocenters. The zero-order chi connectivity index (χ0) is 13.1. The highest BCUT2D eigenvalue weighted by atomic mass is 79.9. The number of ether oxygens (including phenoxy) is 1. The molecule has 0 bridgehead atoms. The molecule has 0 spiro atoms. The van der Waals surface area contributed by atoms with Crippen LogP contribution in [0.5, 0.6) is 11.5 Å². The van der Waals surface area contributed by atoms with Gasteiger partial charge in [-0.05, 0) is 42.8 Å². The summed E-state index contributed by atoms with van der Waals surface area (Å²) in [6.07, 6.45) is 0. The molecule has 0 saturated carbocycles. The molecule has 0 fully saturated rings. The van der Waals surface area contributed by atoms with Crippen molar-refractivity contribution in [3.8, 4) is 11.5 Å². The maximum Gasteiger partial charge on any atom is 0.133 e. The van der Waals surface area contributed by atoms with Gasteiger partial charge in [0, 0.05) is 21.6 Å². The summed E-state index contributed by atoms with van der Waals surface area (Å²) in [6, 6.07) is 11.4. The molecule has 0 aliphatic rings. The van der Waals surface area contributed by atoms with Gasteiger partial charge in [0.1, 0.15) is 11.5 Å². The third kappa shape index (κ3) is 2.86. The van der Waals surface area contributed by atoms with Gasteiger partial charge in [-0.1, -0.05) is 33.6 Å². The Morgan fingerprint density at radius 3 is 2.67 bits per heavy atom. The first-order valence-electron chi connectivity index (χ1n) is 5.53. The molecule has 0 radical (unpaired) electrons. The standard InChI is InChI=1S/C14H13BrClNO/c1-9-7-10(15)5-6-13(9)18-14-4-2-3-12(16)11(14)8-17/h2-7H,8,17H2,1H3. The van der Waals surface area contributed by atoms with Crippen LogP contribution in [0.25, 0.3) is 0 Å². The van der Waals surface area contributed by atoms with Crippen LogP contribution < -0.4 is 10.5 Å². The van der Waals surface area contributed by atoms with Crippen LogP contribution in [0.3, 0.4) is 0 Å². The van der Waals surface area contributed by atoms with Crippen LogP contribution in [0.2, 0.25) is 5.02 Å². The monoisotopic (exact) mass is 325 g/mol. The summed E-state index contributed by atoms with van der Waals surface area (Å²) in [5, 5.41) is 0.629. The predicted molar refractivity (Wildman–Crippen MR) is 78.3 cm³/mol. The van der Waals surface area contributed by atoms with Crippen molar-refractivity contribution in [3.63, 3.8) is 0 Å². The van der Waals surface area contributed by atoms with Crippen molar-refractivity contribution in [1.82, 2.24) is 0 Å². The fourth-order valence-electron chi connectivity index (χ4n) is 1.68. The lowest BCUT2D eigenvalue weighted by Crippen LogP contribution is -2.00. The zero-order valence-electron chi connectivity index (χ0n) is 9.91. The van der Waals surface area contributed by atoms with Gasteiger partial charge >= 0.3 is 0 Å². The Hall–Kier alpha value is -1.03. The number of nitrogens with two attached hydrogens (primary N) is 1. The van der Waals surface area contributed by atoms with Crippen molar-refractivity contribution >= 4 is 27.5 Å². The van der Waals surface area contributed by atoms with Crippen LogP contribution in [0, 0.1) is 6.92 Å². The molecule has 2 rings (SSSR count). The lowest BCUT2D eigenvalue weighted by molar-refractivity contribution is 0.472. The van der Waals surface area contributed by atoms with E-state index >= 15 is 0 Å². The average molecular weight is 327 g/mol. The molecule has 2 N–H and O–H groups in total. The summed E-state index contributed by atoms with van der Waals surface area (Å²) in [4.78, 5) is 0. The van der Waals surface area contributed by atoms with Crippen molar-refractivity contribution < 1.29 is 4.74 Å². The van der Waals surface area contributed by atoms with E-state index in [4.69, 9.17) is 22.1 Å². The summed E-state index contributed by atoms with van der Waals surface area (Å²) in [5.74, 6) is 1.51. The van der Waals surface area contributed by atoms with Crippen LogP contribution >= 0.6 is 27.5 Å². The van der Waals surface area contributed by atoms with E-state index in [2.05, 4.69) is 15.9 Å². The highest BCUT2D eigenvalue weighted by Gasteiger charge is 2.09. The normalized spacial score (nSPS) is 10.4. The molecule has 0 amide bonds. The first-order chi connectivity index (χ1) is 8.61. The van der Waals surface area contributed by atoms with E-state index in [0.717, 1.165) is 21.3 Å². The molecule has 2 nitrogen and oxygen atoms in total. The molecule has 0 aliphatic heterocycles. The van der Waals surface area contributed by atoms with Gasteiger partial charge in [-0.25, -0.2) is 0 Å². The van der Waals surface area contributed by atoms with Gasteiger partial charge in [0.15, 0.2) is 0 Å². The molecule has 2 aromatic rings. The molecule has 2 aromatic carbocycles. The molecule has 0 unspecified atom stereocenters. The number of aryl methyl sites for hydroxylation is 1. The van der Waals surface area contributed by atoms with Gasteiger partial charge in [0.2, 0.25) is 0 Å². The molecule has 0 aliphatic carbocycles. The molecule has 0 aromatic heterocycles. The van der Waals surface area contributed by atoms with Crippen LogP contribution in [-0.2, 0) is 6.54 Å². The van der Waals surface area contributed by atoms with Gasteiger partial charge < -0.3 is 10.5 Å². The van der Waals surface area contributed by atoms with E-state index in [0.29, 0.717) is 17.3 Å². The average Bonchev–Trinajstić information content (AvgIpc) is 2.33. The molecule has 0 heterocycles. The van der Waals surface area contributed by atoms with Crippen molar-refractivity contribution in [1.29, 1.82) is 0 Å². The highest BCUT2D eigenvalue weighted by Crippen LogP contribution is 2.32. The summed E-state index contributed by atoms with van der Waals surface area (Å²) < 4.78 is 6.91. The second-order valence-electron chi connectivity index (χ2n) is 3.93. The van der Waals surface area contributed by atoms with Crippen LogP contribution in [0.15, 0.2) is 40.9 Å². The summed E-state index contributed by atoms with van der Waals surface area (Å²) in [5.41, 5.74) is 7.56. The molecule has 4 heteroatoms. The minimum absolute atomic E-state index is 0.352. The van der Waals surface area contributed by atoms with E-state index in [1.54, 1.807) is 0 Å². The molecule has 94 valence electrons. The quantitative estimate of drug-likeness (QED) is 0.890. The molecular weight excluding hydrogens is 314 g/mol. The first kappa shape index (κ1) is 13.4. The van der Waals surface area contributed by atoms with Gasteiger partial charge in [-0.15, -0.1) is 0 Å². The lowest BCUT2D eigenvalue weighted by atomic mass is 10.2. The topological polar surface area (TPSA) is 35.2 Å². The Kier molecular flexibility index (Phi) is 4.27. The zero-order valence-corrected chi connectivity index (χ0v) is 12.3. The number of hydrogen-bond donors (Lipinski definition) is 1. The van der Waals surface area contributed by atoms with E-state index in [9.17, 15) is 0 Å². The molecule has 0 saturated heterocycles. The number of rotatable bonds is 3.